The van der Waals surface area contributed by atoms with Crippen LogP contribution in [0.3, 0.4) is 0 Å². The predicted molar refractivity (Wildman–Crippen MR) is 107 cm³/mol. The van der Waals surface area contributed by atoms with Gasteiger partial charge in [-0.25, -0.2) is 4.98 Å². The first-order chi connectivity index (χ1) is 13.5. The van der Waals surface area contributed by atoms with Gasteiger partial charge in [0.25, 0.3) is 5.56 Å². The summed E-state index contributed by atoms with van der Waals surface area (Å²) in [5.74, 6) is 1.59. The fourth-order valence-corrected chi connectivity index (χ4v) is 4.05. The molecule has 28 heavy (non-hydrogen) atoms. The van der Waals surface area contributed by atoms with Gasteiger partial charge in [-0.15, -0.1) is 0 Å². The average Bonchev–Trinajstić information content (AvgIpc) is 3.36. The number of anilines is 1. The highest BCUT2D eigenvalue weighted by Gasteiger charge is 2.37. The van der Waals surface area contributed by atoms with Crippen LogP contribution >= 0.6 is 0 Å². The lowest BCUT2D eigenvalue weighted by Crippen LogP contribution is -2.45. The van der Waals surface area contributed by atoms with Crippen LogP contribution in [0.5, 0.6) is 5.75 Å². The van der Waals surface area contributed by atoms with Crippen molar-refractivity contribution in [1.82, 2.24) is 14.5 Å². The third-order valence-corrected chi connectivity index (χ3v) is 5.72. The van der Waals surface area contributed by atoms with Gasteiger partial charge in [-0.05, 0) is 38.0 Å². The number of aromatic nitrogens is 2. The molecule has 2 aromatic heterocycles. The summed E-state index contributed by atoms with van der Waals surface area (Å²) in [4.78, 5) is 33.5. The van der Waals surface area contributed by atoms with Gasteiger partial charge < -0.3 is 19.1 Å². The Morgan fingerprint density at radius 1 is 1.21 bits per heavy atom. The van der Waals surface area contributed by atoms with E-state index >= 15 is 0 Å². The molecule has 0 bridgehead atoms. The molecule has 0 aliphatic carbocycles. The van der Waals surface area contributed by atoms with Crippen molar-refractivity contribution >= 4 is 11.7 Å². The summed E-state index contributed by atoms with van der Waals surface area (Å²) in [6.45, 7) is 3.97. The third-order valence-electron chi connectivity index (χ3n) is 5.72. The van der Waals surface area contributed by atoms with Gasteiger partial charge in [0.1, 0.15) is 23.7 Å². The van der Waals surface area contributed by atoms with Gasteiger partial charge >= 0.3 is 0 Å². The topological polar surface area (TPSA) is 67.7 Å². The van der Waals surface area contributed by atoms with Crippen LogP contribution in [0, 0.1) is 6.92 Å². The predicted octanol–water partition coefficient (Wildman–Crippen LogP) is 1.74. The van der Waals surface area contributed by atoms with Crippen molar-refractivity contribution in [3.8, 4) is 5.75 Å². The number of rotatable bonds is 4. The van der Waals surface area contributed by atoms with E-state index in [1.165, 1.54) is 6.07 Å². The zero-order chi connectivity index (χ0) is 19.7. The number of pyridine rings is 2. The first-order valence-electron chi connectivity index (χ1n) is 9.84. The largest absolute Gasteiger partial charge is 0.488 e. The third kappa shape index (κ3) is 3.61. The maximum Gasteiger partial charge on any atom is 0.254 e. The van der Waals surface area contributed by atoms with E-state index in [0.29, 0.717) is 18.8 Å². The molecule has 148 valence electrons. The minimum absolute atomic E-state index is 0.0832. The molecule has 0 saturated carbocycles. The van der Waals surface area contributed by atoms with Gasteiger partial charge in [-0.1, -0.05) is 6.07 Å². The van der Waals surface area contributed by atoms with E-state index in [0.717, 1.165) is 37.3 Å². The zero-order valence-electron chi connectivity index (χ0n) is 16.4. The fraction of sp³-hybridized carbons (Fsp3) is 0.476. The van der Waals surface area contributed by atoms with Crippen LogP contribution in [-0.2, 0) is 11.8 Å². The van der Waals surface area contributed by atoms with Crippen molar-refractivity contribution < 1.29 is 9.53 Å². The van der Waals surface area contributed by atoms with Gasteiger partial charge in [-0.3, -0.25) is 9.59 Å². The van der Waals surface area contributed by atoms with Gasteiger partial charge in [0.05, 0.1) is 6.54 Å². The van der Waals surface area contributed by atoms with Gasteiger partial charge in [-0.2, -0.15) is 0 Å². The maximum atomic E-state index is 13.1. The van der Waals surface area contributed by atoms with Crippen LogP contribution < -0.4 is 15.2 Å². The molecular weight excluding hydrogens is 356 g/mol. The maximum absolute atomic E-state index is 13.1. The summed E-state index contributed by atoms with van der Waals surface area (Å²) in [5, 5.41) is 0. The quantitative estimate of drug-likeness (QED) is 0.806. The van der Waals surface area contributed by atoms with E-state index in [4.69, 9.17) is 4.74 Å². The first-order valence-corrected chi connectivity index (χ1v) is 9.84. The van der Waals surface area contributed by atoms with Crippen LogP contribution in [0.15, 0.2) is 41.3 Å². The Morgan fingerprint density at radius 2 is 2.07 bits per heavy atom. The molecule has 0 N–H and O–H groups in total. The van der Waals surface area contributed by atoms with Crippen LogP contribution in [0.4, 0.5) is 5.82 Å². The minimum Gasteiger partial charge on any atom is -0.488 e. The molecule has 2 aromatic rings. The lowest BCUT2D eigenvalue weighted by Gasteiger charge is -2.28. The Labute approximate surface area is 164 Å². The van der Waals surface area contributed by atoms with Crippen molar-refractivity contribution in [2.24, 2.45) is 7.05 Å². The Bertz CT molecular complexity index is 912. The first kappa shape index (κ1) is 18.5. The molecule has 2 aliphatic rings. The second-order valence-electron chi connectivity index (χ2n) is 7.58. The summed E-state index contributed by atoms with van der Waals surface area (Å²) in [5.41, 5.74) is 0.767. The van der Waals surface area contributed by atoms with Crippen molar-refractivity contribution in [2.75, 3.05) is 24.5 Å². The molecule has 0 aromatic carbocycles. The molecule has 4 rings (SSSR count). The second-order valence-corrected chi connectivity index (χ2v) is 7.58. The Morgan fingerprint density at radius 3 is 2.82 bits per heavy atom. The number of amides is 1. The number of aryl methyl sites for hydroxylation is 1. The van der Waals surface area contributed by atoms with E-state index in [1.54, 1.807) is 17.8 Å². The summed E-state index contributed by atoms with van der Waals surface area (Å²) in [6, 6.07) is 9.02. The smallest absolute Gasteiger partial charge is 0.254 e. The van der Waals surface area contributed by atoms with Gasteiger partial charge in [0.2, 0.25) is 5.91 Å². The van der Waals surface area contributed by atoms with Crippen LogP contribution in [-0.4, -0.2) is 52.1 Å². The molecule has 0 spiro atoms. The van der Waals surface area contributed by atoms with E-state index < -0.39 is 0 Å². The Hall–Kier alpha value is -2.83. The Kier molecular flexibility index (Phi) is 5.07. The molecular formula is C21H26N4O3. The number of nitrogens with zero attached hydrogens (tertiary/aromatic N) is 4. The summed E-state index contributed by atoms with van der Waals surface area (Å²) in [6.07, 6.45) is 4.30. The molecule has 2 fully saturated rings. The number of carbonyl (C=O) groups excluding carboxylic acids is 1. The number of ether oxygens (including phenoxy) is 1. The lowest BCUT2D eigenvalue weighted by atomic mass is 10.2. The molecule has 1 amide bonds. The van der Waals surface area contributed by atoms with Crippen molar-refractivity contribution in [3.63, 3.8) is 0 Å². The second kappa shape index (κ2) is 7.66. The molecule has 7 nitrogen and oxygen atoms in total. The highest BCUT2D eigenvalue weighted by atomic mass is 16.5. The van der Waals surface area contributed by atoms with Crippen LogP contribution in [0.25, 0.3) is 0 Å². The molecule has 2 atom stereocenters. The number of carbonyl (C=O) groups is 1. The van der Waals surface area contributed by atoms with E-state index in [1.807, 2.05) is 36.1 Å². The number of hydrogen-bond donors (Lipinski definition) is 0. The molecule has 2 saturated heterocycles. The van der Waals surface area contributed by atoms with Crippen molar-refractivity contribution in [1.29, 1.82) is 0 Å². The molecule has 2 unspecified atom stereocenters. The number of likely N-dealkylation sites (tertiary alicyclic amines) is 1. The SMILES string of the molecule is Cc1cc(OC2CCN(C(=O)C3CCCN3c3ccccn3)C2)cc(=O)n1C. The minimum atomic E-state index is -0.153. The molecule has 4 heterocycles. The fourth-order valence-electron chi connectivity index (χ4n) is 4.05. The number of hydrogen-bond acceptors (Lipinski definition) is 5. The summed E-state index contributed by atoms with van der Waals surface area (Å²) in [7, 11) is 1.74. The lowest BCUT2D eigenvalue weighted by molar-refractivity contribution is -0.131. The van der Waals surface area contributed by atoms with Crippen molar-refractivity contribution in [3.05, 3.63) is 52.6 Å². The van der Waals surface area contributed by atoms with E-state index in [9.17, 15) is 9.59 Å². The van der Waals surface area contributed by atoms with Crippen molar-refractivity contribution in [2.45, 2.75) is 38.3 Å². The molecule has 0 radical (unpaired) electrons. The standard InChI is InChI=1S/C21H26N4O3/c1-15-12-17(13-20(26)23(15)2)28-16-8-11-24(14-16)21(27)18-6-5-10-25(18)19-7-3-4-9-22-19/h3-4,7,9,12-13,16,18H,5-6,8,10-11,14H2,1-2H3. The highest BCUT2D eigenvalue weighted by molar-refractivity contribution is 5.86. The van der Waals surface area contributed by atoms with Gasteiger partial charge in [0.15, 0.2) is 0 Å². The summed E-state index contributed by atoms with van der Waals surface area (Å²) < 4.78 is 7.60. The monoisotopic (exact) mass is 382 g/mol. The normalized spacial score (nSPS) is 21.9. The average molecular weight is 382 g/mol. The molecule has 2 aliphatic heterocycles. The van der Waals surface area contributed by atoms with E-state index in [2.05, 4.69) is 9.88 Å². The molecule has 7 heteroatoms. The van der Waals surface area contributed by atoms with E-state index in [-0.39, 0.29) is 23.6 Å². The Balaban J connectivity index is 1.41. The zero-order valence-corrected chi connectivity index (χ0v) is 16.4. The van der Waals surface area contributed by atoms with Gasteiger partial charge in [0, 0.05) is 44.5 Å². The summed E-state index contributed by atoms with van der Waals surface area (Å²) >= 11 is 0. The van der Waals surface area contributed by atoms with Crippen LogP contribution in [0.1, 0.15) is 25.0 Å². The van der Waals surface area contributed by atoms with Crippen LogP contribution in [0.2, 0.25) is 0 Å². The highest BCUT2D eigenvalue weighted by Crippen LogP contribution is 2.27.